The Balaban J connectivity index is 1.63. The Bertz CT molecular complexity index is 923. The van der Waals surface area contributed by atoms with Crippen molar-refractivity contribution in [3.05, 3.63) is 60.2 Å². The van der Waals surface area contributed by atoms with Crippen molar-refractivity contribution in [2.45, 2.75) is 39.2 Å². The number of carbonyl (C=O) groups is 3. The highest BCUT2D eigenvalue weighted by Gasteiger charge is 2.28. The molecule has 7 heteroatoms. The van der Waals surface area contributed by atoms with Crippen LogP contribution in [0, 0.1) is 0 Å². The molecule has 0 bridgehead atoms. The molecule has 0 aromatic heterocycles. The Morgan fingerprint density at radius 1 is 1.10 bits per heavy atom. The predicted octanol–water partition coefficient (Wildman–Crippen LogP) is 3.30. The van der Waals surface area contributed by atoms with Crippen LogP contribution in [0.3, 0.4) is 0 Å². The Labute approximate surface area is 169 Å². The molecule has 2 aromatic carbocycles. The van der Waals surface area contributed by atoms with Gasteiger partial charge in [-0.05, 0) is 43.2 Å². The summed E-state index contributed by atoms with van der Waals surface area (Å²) in [5.41, 5.74) is 2.48. The minimum absolute atomic E-state index is 0.111. The lowest BCUT2D eigenvalue weighted by molar-refractivity contribution is -0.146. The summed E-state index contributed by atoms with van der Waals surface area (Å²) < 4.78 is 5.27. The van der Waals surface area contributed by atoms with E-state index in [-0.39, 0.29) is 24.5 Å². The van der Waals surface area contributed by atoms with E-state index in [2.05, 4.69) is 17.3 Å². The number of para-hydroxylation sites is 1. The maximum Gasteiger partial charge on any atom is 0.355 e. The highest BCUT2D eigenvalue weighted by Crippen LogP contribution is 2.20. The summed E-state index contributed by atoms with van der Waals surface area (Å²) in [6.45, 7) is 3.55. The Hall–Kier alpha value is -3.48. The predicted molar refractivity (Wildman–Crippen MR) is 111 cm³/mol. The number of anilines is 2. The van der Waals surface area contributed by atoms with Gasteiger partial charge in [0, 0.05) is 18.5 Å². The third-order valence-corrected chi connectivity index (χ3v) is 4.55. The van der Waals surface area contributed by atoms with Gasteiger partial charge in [0.15, 0.2) is 6.10 Å². The van der Waals surface area contributed by atoms with Gasteiger partial charge in [-0.25, -0.2) is 9.80 Å². The number of hydrogen-bond acceptors (Lipinski definition) is 5. The molecular formula is C22H23N3O4. The highest BCUT2D eigenvalue weighted by molar-refractivity contribution is 6.38. The van der Waals surface area contributed by atoms with E-state index in [9.17, 15) is 14.4 Å². The molecule has 1 atom stereocenters. The van der Waals surface area contributed by atoms with Gasteiger partial charge in [-0.15, -0.1) is 0 Å². The molecular weight excluding hydrogens is 370 g/mol. The maximum absolute atomic E-state index is 12.5. The van der Waals surface area contributed by atoms with E-state index >= 15 is 0 Å². The average Bonchev–Trinajstić information content (AvgIpc) is 2.75. The number of esters is 1. The molecule has 1 heterocycles. The SMILES string of the molecule is CCc1ccc(NC(=O)C(C)OC(=O)C2=NN(c3ccccc3)C(=O)CC2)cc1. The third kappa shape index (κ3) is 5.07. The van der Waals surface area contributed by atoms with Crippen LogP contribution in [0.2, 0.25) is 0 Å². The minimum Gasteiger partial charge on any atom is -0.448 e. The quantitative estimate of drug-likeness (QED) is 0.763. The summed E-state index contributed by atoms with van der Waals surface area (Å²) in [6.07, 6.45) is 0.229. The fraction of sp³-hybridized carbons (Fsp3) is 0.273. The van der Waals surface area contributed by atoms with Crippen molar-refractivity contribution in [1.82, 2.24) is 0 Å². The second-order valence-corrected chi connectivity index (χ2v) is 6.68. The summed E-state index contributed by atoms with van der Waals surface area (Å²) in [5.74, 6) is -1.34. The van der Waals surface area contributed by atoms with E-state index in [1.54, 1.807) is 36.4 Å². The summed E-state index contributed by atoms with van der Waals surface area (Å²) >= 11 is 0. The van der Waals surface area contributed by atoms with Gasteiger partial charge in [0.2, 0.25) is 5.91 Å². The molecule has 1 aliphatic heterocycles. The lowest BCUT2D eigenvalue weighted by Crippen LogP contribution is -2.37. The van der Waals surface area contributed by atoms with E-state index < -0.39 is 18.0 Å². The van der Waals surface area contributed by atoms with E-state index in [1.807, 2.05) is 18.2 Å². The number of nitrogens with one attached hydrogen (secondary N) is 1. The second kappa shape index (κ2) is 9.14. The normalized spacial score (nSPS) is 14.8. The van der Waals surface area contributed by atoms with Crippen LogP contribution in [0.1, 0.15) is 32.3 Å². The topological polar surface area (TPSA) is 88.1 Å². The largest absolute Gasteiger partial charge is 0.448 e. The highest BCUT2D eigenvalue weighted by atomic mass is 16.5. The molecule has 3 rings (SSSR count). The molecule has 0 aliphatic carbocycles. The molecule has 7 nitrogen and oxygen atoms in total. The van der Waals surface area contributed by atoms with Crippen molar-refractivity contribution in [2.75, 3.05) is 10.3 Å². The molecule has 0 spiro atoms. The Morgan fingerprint density at radius 2 is 1.79 bits per heavy atom. The van der Waals surface area contributed by atoms with Gasteiger partial charge in [0.1, 0.15) is 5.71 Å². The second-order valence-electron chi connectivity index (χ2n) is 6.68. The number of hydrogen-bond donors (Lipinski definition) is 1. The zero-order valence-corrected chi connectivity index (χ0v) is 16.4. The zero-order chi connectivity index (χ0) is 20.8. The van der Waals surface area contributed by atoms with Crippen LogP contribution in [-0.2, 0) is 25.5 Å². The van der Waals surface area contributed by atoms with Crippen LogP contribution in [-0.4, -0.2) is 29.6 Å². The standard InChI is InChI=1S/C22H23N3O4/c1-3-16-9-11-17(12-10-16)23-21(27)15(2)29-22(28)19-13-14-20(26)25(24-19)18-7-5-4-6-8-18/h4-12,15H,3,13-14H2,1-2H3,(H,23,27). The summed E-state index contributed by atoms with van der Waals surface area (Å²) in [6, 6.07) is 16.3. The lowest BCUT2D eigenvalue weighted by atomic mass is 10.1. The molecule has 2 amide bonds. The molecule has 0 saturated carbocycles. The lowest BCUT2D eigenvalue weighted by Gasteiger charge is -2.23. The van der Waals surface area contributed by atoms with E-state index in [0.717, 1.165) is 12.0 Å². The Kier molecular flexibility index (Phi) is 6.39. The molecule has 29 heavy (non-hydrogen) atoms. The van der Waals surface area contributed by atoms with Crippen molar-refractivity contribution in [1.29, 1.82) is 0 Å². The number of amides is 2. The molecule has 2 aromatic rings. The van der Waals surface area contributed by atoms with Gasteiger partial charge in [-0.2, -0.15) is 5.10 Å². The number of rotatable bonds is 6. The van der Waals surface area contributed by atoms with E-state index in [0.29, 0.717) is 11.4 Å². The van der Waals surface area contributed by atoms with E-state index in [4.69, 9.17) is 4.74 Å². The Morgan fingerprint density at radius 3 is 2.45 bits per heavy atom. The fourth-order valence-corrected chi connectivity index (χ4v) is 2.82. The minimum atomic E-state index is -1.00. The number of hydrazone groups is 1. The van der Waals surface area contributed by atoms with Crippen molar-refractivity contribution in [3.63, 3.8) is 0 Å². The summed E-state index contributed by atoms with van der Waals surface area (Å²) in [4.78, 5) is 36.9. The van der Waals surface area contributed by atoms with Crippen LogP contribution in [0.25, 0.3) is 0 Å². The maximum atomic E-state index is 12.5. The molecule has 1 N–H and O–H groups in total. The monoisotopic (exact) mass is 393 g/mol. The molecule has 0 radical (unpaired) electrons. The number of ether oxygens (including phenoxy) is 1. The molecule has 0 saturated heterocycles. The average molecular weight is 393 g/mol. The van der Waals surface area contributed by atoms with Gasteiger partial charge in [-0.3, -0.25) is 9.59 Å². The van der Waals surface area contributed by atoms with Gasteiger partial charge >= 0.3 is 5.97 Å². The first kappa shape index (κ1) is 20.3. The number of aryl methyl sites for hydroxylation is 1. The van der Waals surface area contributed by atoms with Crippen molar-refractivity contribution < 1.29 is 19.1 Å². The van der Waals surface area contributed by atoms with Crippen LogP contribution >= 0.6 is 0 Å². The van der Waals surface area contributed by atoms with Gasteiger partial charge in [0.25, 0.3) is 5.91 Å². The molecule has 1 aliphatic rings. The smallest absolute Gasteiger partial charge is 0.355 e. The van der Waals surface area contributed by atoms with Gasteiger partial charge in [0.05, 0.1) is 5.69 Å². The third-order valence-electron chi connectivity index (χ3n) is 4.55. The van der Waals surface area contributed by atoms with Crippen molar-refractivity contribution in [2.24, 2.45) is 5.10 Å². The number of carbonyl (C=O) groups excluding carboxylic acids is 3. The summed E-state index contributed by atoms with van der Waals surface area (Å²) in [7, 11) is 0. The zero-order valence-electron chi connectivity index (χ0n) is 16.4. The molecule has 150 valence electrons. The first-order chi connectivity index (χ1) is 14.0. The van der Waals surface area contributed by atoms with Gasteiger partial charge in [-0.1, -0.05) is 37.3 Å². The number of nitrogens with zero attached hydrogens (tertiary/aromatic N) is 2. The van der Waals surface area contributed by atoms with Crippen LogP contribution in [0.4, 0.5) is 11.4 Å². The first-order valence-corrected chi connectivity index (χ1v) is 9.54. The van der Waals surface area contributed by atoms with Crippen LogP contribution < -0.4 is 10.3 Å². The van der Waals surface area contributed by atoms with Crippen molar-refractivity contribution >= 4 is 34.9 Å². The van der Waals surface area contributed by atoms with Gasteiger partial charge < -0.3 is 10.1 Å². The van der Waals surface area contributed by atoms with E-state index in [1.165, 1.54) is 11.9 Å². The first-order valence-electron chi connectivity index (χ1n) is 9.54. The molecule has 0 fully saturated rings. The van der Waals surface area contributed by atoms with Crippen LogP contribution in [0.15, 0.2) is 59.7 Å². The number of benzene rings is 2. The fourth-order valence-electron chi connectivity index (χ4n) is 2.82. The van der Waals surface area contributed by atoms with Crippen LogP contribution in [0.5, 0.6) is 0 Å². The van der Waals surface area contributed by atoms with Crippen molar-refractivity contribution in [3.8, 4) is 0 Å². The molecule has 1 unspecified atom stereocenters. The summed E-state index contributed by atoms with van der Waals surface area (Å²) in [5, 5.41) is 8.06.